The van der Waals surface area contributed by atoms with Crippen LogP contribution in [0.25, 0.3) is 0 Å². The predicted molar refractivity (Wildman–Crippen MR) is 348 cm³/mol. The van der Waals surface area contributed by atoms with Gasteiger partial charge >= 0.3 is 17.9 Å². The highest BCUT2D eigenvalue weighted by Gasteiger charge is 2.19. The summed E-state index contributed by atoms with van der Waals surface area (Å²) in [5, 5.41) is 0. The van der Waals surface area contributed by atoms with Crippen LogP contribution in [0.4, 0.5) is 0 Å². The molecule has 0 aliphatic heterocycles. The Labute approximate surface area is 493 Å². The average molecular weight is 1110 g/mol. The van der Waals surface area contributed by atoms with Gasteiger partial charge in [-0.2, -0.15) is 0 Å². The highest BCUT2D eigenvalue weighted by Crippen LogP contribution is 2.14. The van der Waals surface area contributed by atoms with E-state index in [2.05, 4.69) is 167 Å². The predicted octanol–water partition coefficient (Wildman–Crippen LogP) is 22.7. The van der Waals surface area contributed by atoms with E-state index in [1.54, 1.807) is 0 Å². The van der Waals surface area contributed by atoms with Gasteiger partial charge < -0.3 is 14.2 Å². The molecule has 0 bridgehead atoms. The quantitative estimate of drug-likeness (QED) is 0.0261. The van der Waals surface area contributed by atoms with Crippen molar-refractivity contribution in [3.8, 4) is 0 Å². The number of ether oxygens (including phenoxy) is 3. The fraction of sp³-hybridized carbons (Fsp3) is 0.635. The van der Waals surface area contributed by atoms with Gasteiger partial charge in [0.15, 0.2) is 6.10 Å². The maximum atomic E-state index is 12.9. The number of unbranched alkanes of at least 4 members (excludes halogenated alkanes) is 23. The van der Waals surface area contributed by atoms with Crippen LogP contribution in [0.2, 0.25) is 0 Å². The Hall–Kier alpha value is -4.71. The topological polar surface area (TPSA) is 78.9 Å². The van der Waals surface area contributed by atoms with Gasteiger partial charge in [0.1, 0.15) is 13.2 Å². The summed E-state index contributed by atoms with van der Waals surface area (Å²) in [6.45, 7) is 6.42. The molecule has 0 rings (SSSR count). The molecule has 0 amide bonds. The van der Waals surface area contributed by atoms with Crippen LogP contribution in [0.15, 0.2) is 146 Å². The van der Waals surface area contributed by atoms with Crippen molar-refractivity contribution >= 4 is 17.9 Å². The summed E-state index contributed by atoms with van der Waals surface area (Å²) < 4.78 is 16.9. The van der Waals surface area contributed by atoms with Crippen molar-refractivity contribution in [2.45, 2.75) is 290 Å². The van der Waals surface area contributed by atoms with E-state index in [0.29, 0.717) is 19.3 Å². The Bertz CT molecular complexity index is 1750. The molecule has 6 heteroatoms. The average Bonchev–Trinajstić information content (AvgIpc) is 3.46. The first-order valence-electron chi connectivity index (χ1n) is 32.8. The summed E-state index contributed by atoms with van der Waals surface area (Å²) in [7, 11) is 0. The fourth-order valence-electron chi connectivity index (χ4n) is 8.64. The molecule has 0 saturated carbocycles. The zero-order valence-corrected chi connectivity index (χ0v) is 51.8. The molecule has 0 radical (unpaired) electrons. The SMILES string of the molecule is CC/C=C\C/C=C\C/C=C\C/C=C\C/C=C\C/C=C\C/C=C\C/C=C\C/C=C\CCCCCCCCCC(=O)OCC(COC(=O)CCCCCCC/C=C\C/C=C\CCC)OC(=O)CCCCCCC/C=C\CCCCCCC. The normalized spacial score (nSPS) is 13.1. The molecule has 0 aromatic heterocycles. The molecule has 0 aliphatic carbocycles. The Morgan fingerprint density at radius 2 is 0.512 bits per heavy atom. The van der Waals surface area contributed by atoms with E-state index in [1.807, 2.05) is 0 Å². The van der Waals surface area contributed by atoms with Crippen LogP contribution in [0.1, 0.15) is 284 Å². The van der Waals surface area contributed by atoms with Crippen molar-refractivity contribution in [1.82, 2.24) is 0 Å². The second-order valence-corrected chi connectivity index (χ2v) is 21.3. The second kappa shape index (κ2) is 66.8. The molecule has 0 fully saturated rings. The minimum Gasteiger partial charge on any atom is -0.462 e. The van der Waals surface area contributed by atoms with Crippen LogP contribution in [0, 0.1) is 0 Å². The van der Waals surface area contributed by atoms with Crippen LogP contribution in [-0.2, 0) is 28.6 Å². The molecule has 80 heavy (non-hydrogen) atoms. The summed E-state index contributed by atoms with van der Waals surface area (Å²) in [6.07, 6.45) is 95.7. The molecular weight excluding hydrogens is 985 g/mol. The van der Waals surface area contributed by atoms with Crippen LogP contribution < -0.4 is 0 Å². The lowest BCUT2D eigenvalue weighted by Gasteiger charge is -2.18. The highest BCUT2D eigenvalue weighted by molar-refractivity contribution is 5.71. The van der Waals surface area contributed by atoms with Gasteiger partial charge in [-0.1, -0.05) is 269 Å². The molecule has 1 unspecified atom stereocenters. The molecule has 6 nitrogen and oxygen atoms in total. The number of carbonyl (C=O) groups is 3. The highest BCUT2D eigenvalue weighted by atomic mass is 16.6. The summed E-state index contributed by atoms with van der Waals surface area (Å²) in [5.41, 5.74) is 0. The van der Waals surface area contributed by atoms with Gasteiger partial charge in [0.25, 0.3) is 0 Å². The molecule has 0 N–H and O–H groups in total. The first kappa shape index (κ1) is 75.3. The standard InChI is InChI=1S/C74H120O6/c1-4-7-10-13-16-19-22-25-27-28-29-30-31-32-33-34-35-36-37-38-39-40-41-42-43-44-45-46-47-50-52-55-58-61-64-67-73(76)79-70-71(69-78-72(75)66-63-60-57-54-51-48-24-21-18-15-12-9-6-3)80-74(77)68-65-62-59-56-53-49-26-23-20-17-14-11-8-5-2/h7,10,12,15-16,19,21,23-27,29-30,32-33,35-36,38-39,41-42,44-45,71H,4-6,8-9,11,13-14,17-18,20,22,28,31,34,37,40,43,46-70H2,1-3H3/b10-7-,15-12-,19-16-,24-21-,26-23-,27-25-,30-29-,33-32-,36-35-,39-38-,42-41-,45-44-. The lowest BCUT2D eigenvalue weighted by Crippen LogP contribution is -2.30. The fourth-order valence-corrected chi connectivity index (χ4v) is 8.64. The van der Waals surface area contributed by atoms with Gasteiger partial charge in [-0.3, -0.25) is 14.4 Å². The summed E-state index contributed by atoms with van der Waals surface area (Å²) >= 11 is 0. The minimum atomic E-state index is -0.798. The Balaban J connectivity index is 4.27. The Morgan fingerprint density at radius 1 is 0.263 bits per heavy atom. The van der Waals surface area contributed by atoms with Gasteiger partial charge in [0, 0.05) is 19.3 Å². The van der Waals surface area contributed by atoms with Gasteiger partial charge in [-0.25, -0.2) is 0 Å². The van der Waals surface area contributed by atoms with E-state index in [9.17, 15) is 14.4 Å². The van der Waals surface area contributed by atoms with E-state index in [-0.39, 0.29) is 31.1 Å². The monoisotopic (exact) mass is 1100 g/mol. The molecule has 0 spiro atoms. The summed E-state index contributed by atoms with van der Waals surface area (Å²) in [4.78, 5) is 38.2. The van der Waals surface area contributed by atoms with E-state index in [1.165, 1.54) is 77.0 Å². The Morgan fingerprint density at radius 3 is 0.825 bits per heavy atom. The second-order valence-electron chi connectivity index (χ2n) is 21.3. The first-order chi connectivity index (χ1) is 39.5. The molecule has 1 atom stereocenters. The lowest BCUT2D eigenvalue weighted by atomic mass is 10.1. The zero-order chi connectivity index (χ0) is 57.8. The number of allylic oxidation sites excluding steroid dienone is 24. The van der Waals surface area contributed by atoms with Crippen molar-refractivity contribution in [2.75, 3.05) is 13.2 Å². The summed E-state index contributed by atoms with van der Waals surface area (Å²) in [5.74, 6) is -0.928. The van der Waals surface area contributed by atoms with E-state index in [4.69, 9.17) is 14.2 Å². The molecule has 0 aliphatic rings. The van der Waals surface area contributed by atoms with Crippen LogP contribution in [-0.4, -0.2) is 37.2 Å². The van der Waals surface area contributed by atoms with Gasteiger partial charge in [-0.15, -0.1) is 0 Å². The zero-order valence-electron chi connectivity index (χ0n) is 51.8. The van der Waals surface area contributed by atoms with E-state index < -0.39 is 6.10 Å². The molecule has 0 aromatic carbocycles. The van der Waals surface area contributed by atoms with Crippen molar-refractivity contribution in [1.29, 1.82) is 0 Å². The molecule has 0 aromatic rings. The van der Waals surface area contributed by atoms with Gasteiger partial charge in [0.2, 0.25) is 0 Å². The minimum absolute atomic E-state index is 0.0952. The number of esters is 3. The maximum absolute atomic E-state index is 12.9. The number of hydrogen-bond acceptors (Lipinski definition) is 6. The molecule has 0 saturated heterocycles. The third-order valence-electron chi connectivity index (χ3n) is 13.5. The molecule has 452 valence electrons. The van der Waals surface area contributed by atoms with Gasteiger partial charge in [0.05, 0.1) is 0 Å². The maximum Gasteiger partial charge on any atom is 0.306 e. The number of carbonyl (C=O) groups excluding carboxylic acids is 3. The smallest absolute Gasteiger partial charge is 0.306 e. The van der Waals surface area contributed by atoms with E-state index in [0.717, 1.165) is 167 Å². The van der Waals surface area contributed by atoms with Crippen molar-refractivity contribution in [3.63, 3.8) is 0 Å². The van der Waals surface area contributed by atoms with Crippen LogP contribution in [0.5, 0.6) is 0 Å². The van der Waals surface area contributed by atoms with Crippen molar-refractivity contribution < 1.29 is 28.6 Å². The first-order valence-corrected chi connectivity index (χ1v) is 32.8. The Kier molecular flexibility index (Phi) is 62.9. The van der Waals surface area contributed by atoms with Gasteiger partial charge in [-0.05, 0) is 141 Å². The molecule has 0 heterocycles. The van der Waals surface area contributed by atoms with Crippen molar-refractivity contribution in [2.24, 2.45) is 0 Å². The van der Waals surface area contributed by atoms with Crippen molar-refractivity contribution in [3.05, 3.63) is 146 Å². The largest absolute Gasteiger partial charge is 0.462 e. The number of hydrogen-bond donors (Lipinski definition) is 0. The van der Waals surface area contributed by atoms with Crippen LogP contribution in [0.3, 0.4) is 0 Å². The third-order valence-corrected chi connectivity index (χ3v) is 13.5. The number of rotatable bonds is 58. The third kappa shape index (κ3) is 64.1. The van der Waals surface area contributed by atoms with E-state index >= 15 is 0 Å². The van der Waals surface area contributed by atoms with Crippen LogP contribution >= 0.6 is 0 Å². The summed E-state index contributed by atoms with van der Waals surface area (Å²) in [6, 6.07) is 0. The molecular formula is C74H120O6. The lowest BCUT2D eigenvalue weighted by molar-refractivity contribution is -0.167.